The Morgan fingerprint density at radius 3 is 2.42 bits per heavy atom. The van der Waals surface area contributed by atoms with Crippen molar-refractivity contribution in [1.82, 2.24) is 0 Å². The Morgan fingerprint density at radius 1 is 1.25 bits per heavy atom. The number of rotatable bonds is 4. The normalized spacial score (nSPS) is 12.4. The average Bonchev–Trinajstić information content (AvgIpc) is 2.15. The van der Waals surface area contributed by atoms with Crippen LogP contribution in [-0.2, 0) is 0 Å². The van der Waals surface area contributed by atoms with Crippen LogP contribution in [0.25, 0.3) is 0 Å². The van der Waals surface area contributed by atoms with Crippen LogP contribution in [0.1, 0.15) is 24.3 Å². The molecular weight excluding hydrogens is 144 g/mol. The van der Waals surface area contributed by atoms with Gasteiger partial charge >= 0.3 is 0 Å². The molecule has 0 aromatic heterocycles. The Labute approximate surface area is 74.9 Å². The van der Waals surface area contributed by atoms with E-state index >= 15 is 0 Å². The molecule has 0 saturated carbocycles. The third-order valence-electron chi connectivity index (χ3n) is 2.07. The first-order chi connectivity index (χ1) is 5.88. The number of allylic oxidation sites excluding steroid dienone is 1. The third kappa shape index (κ3) is 2.23. The second-order valence-electron chi connectivity index (χ2n) is 2.92. The van der Waals surface area contributed by atoms with Crippen LogP contribution < -0.4 is 0 Å². The Morgan fingerprint density at radius 2 is 1.92 bits per heavy atom. The van der Waals surface area contributed by atoms with Crippen molar-refractivity contribution in [1.29, 1.82) is 0 Å². The predicted octanol–water partition coefficient (Wildman–Crippen LogP) is 3.57. The van der Waals surface area contributed by atoms with Gasteiger partial charge in [0.15, 0.2) is 0 Å². The smallest absolute Gasteiger partial charge is 0.0127 e. The highest BCUT2D eigenvalue weighted by Crippen LogP contribution is 2.22. The molecule has 0 spiro atoms. The van der Waals surface area contributed by atoms with Gasteiger partial charge in [0.05, 0.1) is 0 Å². The molecule has 63 valence electrons. The number of hydrogen-bond donors (Lipinski definition) is 0. The van der Waals surface area contributed by atoms with E-state index < -0.39 is 0 Å². The summed E-state index contributed by atoms with van der Waals surface area (Å²) in [6, 6.07) is 10.5. The van der Waals surface area contributed by atoms with Gasteiger partial charge in [0, 0.05) is 0 Å². The minimum atomic E-state index is 0.545. The molecule has 0 fully saturated rings. The van der Waals surface area contributed by atoms with E-state index in [1.54, 1.807) is 0 Å². The molecule has 0 heteroatoms. The maximum atomic E-state index is 3.93. The Bertz CT molecular complexity index is 223. The predicted molar refractivity (Wildman–Crippen MR) is 54.0 cm³/mol. The zero-order valence-electron chi connectivity index (χ0n) is 7.37. The lowest BCUT2D eigenvalue weighted by molar-refractivity contribution is 0.711. The van der Waals surface area contributed by atoms with E-state index in [1.165, 1.54) is 5.56 Å². The highest BCUT2D eigenvalue weighted by molar-refractivity contribution is 5.20. The van der Waals surface area contributed by atoms with Gasteiger partial charge in [-0.1, -0.05) is 43.3 Å². The number of hydrogen-bond acceptors (Lipinski definition) is 0. The van der Waals surface area contributed by atoms with E-state index in [1.807, 2.05) is 12.1 Å². The zero-order chi connectivity index (χ0) is 8.81. The summed E-state index contributed by atoms with van der Waals surface area (Å²) in [5.41, 5.74) is 1.37. The van der Waals surface area contributed by atoms with Crippen LogP contribution in [0, 0.1) is 6.92 Å². The van der Waals surface area contributed by atoms with Crippen LogP contribution in [-0.4, -0.2) is 0 Å². The molecule has 0 nitrogen and oxygen atoms in total. The molecule has 1 rings (SSSR count). The summed E-state index contributed by atoms with van der Waals surface area (Å²) in [5.74, 6) is 0.545. The van der Waals surface area contributed by atoms with Crippen molar-refractivity contribution in [3.63, 3.8) is 0 Å². The highest BCUT2D eigenvalue weighted by atomic mass is 14.1. The van der Waals surface area contributed by atoms with Crippen LogP contribution in [0.4, 0.5) is 0 Å². The summed E-state index contributed by atoms with van der Waals surface area (Å²) in [6.45, 7) is 7.68. The second-order valence-corrected chi connectivity index (χ2v) is 2.92. The van der Waals surface area contributed by atoms with Crippen LogP contribution in [0.5, 0.6) is 0 Å². The topological polar surface area (TPSA) is 0 Å². The largest absolute Gasteiger partial charge is 0.103 e. The van der Waals surface area contributed by atoms with E-state index in [-0.39, 0.29) is 0 Å². The summed E-state index contributed by atoms with van der Waals surface area (Å²) in [7, 11) is 0. The summed E-state index contributed by atoms with van der Waals surface area (Å²) in [6.07, 6.45) is 3.92. The first kappa shape index (κ1) is 9.05. The maximum Gasteiger partial charge on any atom is -0.0127 e. The lowest BCUT2D eigenvalue weighted by Crippen LogP contribution is -1.94. The van der Waals surface area contributed by atoms with Crippen LogP contribution in [0.2, 0.25) is 0 Å². The fourth-order valence-corrected chi connectivity index (χ4v) is 1.35. The molecule has 0 bridgehead atoms. The molecule has 12 heavy (non-hydrogen) atoms. The average molecular weight is 159 g/mol. The van der Waals surface area contributed by atoms with Gasteiger partial charge in [-0.3, -0.25) is 0 Å². The van der Waals surface area contributed by atoms with Gasteiger partial charge in [-0.05, 0) is 24.3 Å². The monoisotopic (exact) mass is 159 g/mol. The molecule has 0 heterocycles. The van der Waals surface area contributed by atoms with Gasteiger partial charge in [-0.25, -0.2) is 0 Å². The van der Waals surface area contributed by atoms with Crippen LogP contribution >= 0.6 is 0 Å². The molecule has 0 aliphatic carbocycles. The fraction of sp³-hybridized carbons (Fsp3) is 0.250. The van der Waals surface area contributed by atoms with Crippen molar-refractivity contribution in [2.45, 2.75) is 18.8 Å². The highest BCUT2D eigenvalue weighted by Gasteiger charge is 2.05. The molecule has 0 saturated heterocycles. The molecule has 0 aliphatic heterocycles. The molecule has 1 aromatic carbocycles. The molecule has 1 aromatic rings. The summed E-state index contributed by atoms with van der Waals surface area (Å²) in [5, 5.41) is 0. The quantitative estimate of drug-likeness (QED) is 0.589. The second kappa shape index (κ2) is 4.76. The first-order valence-corrected chi connectivity index (χ1v) is 4.33. The molecule has 0 N–H and O–H groups in total. The van der Waals surface area contributed by atoms with E-state index in [0.717, 1.165) is 12.8 Å². The van der Waals surface area contributed by atoms with Crippen LogP contribution in [0.15, 0.2) is 43.0 Å². The molecule has 1 atom stereocenters. The lowest BCUT2D eigenvalue weighted by atomic mass is 9.93. The van der Waals surface area contributed by atoms with Gasteiger partial charge in [0.25, 0.3) is 0 Å². The maximum absolute atomic E-state index is 3.93. The summed E-state index contributed by atoms with van der Waals surface area (Å²) in [4.78, 5) is 0. The molecule has 1 unspecified atom stereocenters. The lowest BCUT2D eigenvalue weighted by Gasteiger charge is -2.11. The Balaban J connectivity index is 2.72. The Kier molecular flexibility index (Phi) is 3.59. The first-order valence-electron chi connectivity index (χ1n) is 4.33. The van der Waals surface area contributed by atoms with Gasteiger partial charge in [0.1, 0.15) is 0 Å². The molecule has 0 aliphatic rings. The van der Waals surface area contributed by atoms with Gasteiger partial charge in [-0.2, -0.15) is 0 Å². The van der Waals surface area contributed by atoms with Gasteiger partial charge in [0.2, 0.25) is 0 Å². The zero-order valence-corrected chi connectivity index (χ0v) is 7.37. The summed E-state index contributed by atoms with van der Waals surface area (Å²) < 4.78 is 0. The minimum absolute atomic E-state index is 0.545. The van der Waals surface area contributed by atoms with E-state index in [9.17, 15) is 0 Å². The molecule has 0 amide bonds. The summed E-state index contributed by atoms with van der Waals surface area (Å²) >= 11 is 0. The van der Waals surface area contributed by atoms with Crippen molar-refractivity contribution >= 4 is 0 Å². The van der Waals surface area contributed by atoms with Crippen molar-refractivity contribution in [3.8, 4) is 0 Å². The molecule has 1 radical (unpaired) electrons. The van der Waals surface area contributed by atoms with E-state index in [2.05, 4.69) is 37.8 Å². The van der Waals surface area contributed by atoms with Gasteiger partial charge < -0.3 is 0 Å². The van der Waals surface area contributed by atoms with Crippen molar-refractivity contribution < 1.29 is 0 Å². The van der Waals surface area contributed by atoms with E-state index in [4.69, 9.17) is 0 Å². The van der Waals surface area contributed by atoms with Crippen molar-refractivity contribution in [2.24, 2.45) is 0 Å². The van der Waals surface area contributed by atoms with Gasteiger partial charge in [-0.15, -0.1) is 6.58 Å². The standard InChI is InChI=1S/C12H15/c1-3-8-11(4-2)12-9-6-5-7-10-12/h3,5-7,9-11H,1-2,4,8H2. The van der Waals surface area contributed by atoms with Crippen molar-refractivity contribution in [2.75, 3.05) is 0 Å². The van der Waals surface area contributed by atoms with Crippen LogP contribution in [0.3, 0.4) is 0 Å². The van der Waals surface area contributed by atoms with E-state index in [0.29, 0.717) is 5.92 Å². The minimum Gasteiger partial charge on any atom is -0.103 e. The van der Waals surface area contributed by atoms with Crippen molar-refractivity contribution in [3.05, 3.63) is 55.5 Å². The molecular formula is C12H15. The number of benzene rings is 1. The third-order valence-corrected chi connectivity index (χ3v) is 2.07. The SMILES string of the molecule is [CH2]CC(CC=C)c1ccccc1. The fourth-order valence-electron chi connectivity index (χ4n) is 1.35. The Hall–Kier alpha value is -1.04.